The summed E-state index contributed by atoms with van der Waals surface area (Å²) in [5.74, 6) is -2.31. The van der Waals surface area contributed by atoms with Gasteiger partial charge in [-0.1, -0.05) is 47.5 Å². The predicted molar refractivity (Wildman–Crippen MR) is 153 cm³/mol. The summed E-state index contributed by atoms with van der Waals surface area (Å²) in [6.45, 7) is 1.96. The molecular weight excluding hydrogens is 596 g/mol. The van der Waals surface area contributed by atoms with Crippen molar-refractivity contribution in [2.45, 2.75) is 12.6 Å². The van der Waals surface area contributed by atoms with Crippen molar-refractivity contribution in [3.8, 4) is 11.5 Å². The van der Waals surface area contributed by atoms with Crippen molar-refractivity contribution in [2.75, 3.05) is 41.7 Å². The molecule has 0 atom stereocenters. The van der Waals surface area contributed by atoms with E-state index in [-0.39, 0.29) is 17.6 Å². The van der Waals surface area contributed by atoms with E-state index in [1.807, 2.05) is 4.90 Å². The minimum atomic E-state index is -4.92. The Morgan fingerprint density at radius 3 is 2.29 bits per heavy atom. The van der Waals surface area contributed by atoms with E-state index in [0.29, 0.717) is 59.7 Å². The number of rotatable bonds is 5. The first-order chi connectivity index (χ1) is 20.1. The molecule has 2 aromatic heterocycles. The van der Waals surface area contributed by atoms with Gasteiger partial charge in [0, 0.05) is 31.7 Å². The third-order valence-electron chi connectivity index (χ3n) is 6.43. The lowest BCUT2D eigenvalue weighted by Gasteiger charge is -2.23. The number of hydrogen-bond donors (Lipinski definition) is 2. The van der Waals surface area contributed by atoms with Gasteiger partial charge >= 0.3 is 12.2 Å². The van der Waals surface area contributed by atoms with Gasteiger partial charge in [-0.3, -0.25) is 4.79 Å². The highest BCUT2D eigenvalue weighted by Crippen LogP contribution is 2.36. The second-order valence-electron chi connectivity index (χ2n) is 9.27. The summed E-state index contributed by atoms with van der Waals surface area (Å²) in [5, 5.41) is 5.83. The molecule has 2 N–H and O–H groups in total. The monoisotopic (exact) mass is 618 g/mol. The van der Waals surface area contributed by atoms with Crippen LogP contribution in [0.4, 0.5) is 35.2 Å². The number of amides is 3. The molecule has 0 spiro atoms. The van der Waals surface area contributed by atoms with E-state index in [0.717, 1.165) is 0 Å². The lowest BCUT2D eigenvalue weighted by atomic mass is 10.2. The van der Waals surface area contributed by atoms with Gasteiger partial charge in [0.15, 0.2) is 5.69 Å². The second kappa shape index (κ2) is 12.3. The van der Waals surface area contributed by atoms with Crippen LogP contribution >= 0.6 is 23.2 Å². The molecule has 2 aromatic carbocycles. The van der Waals surface area contributed by atoms with E-state index < -0.39 is 23.5 Å². The van der Waals surface area contributed by atoms with E-state index in [2.05, 4.69) is 20.6 Å². The molecule has 0 unspecified atom stereocenters. The Bertz CT molecular complexity index is 1560. The van der Waals surface area contributed by atoms with Crippen molar-refractivity contribution < 1.29 is 27.2 Å². The van der Waals surface area contributed by atoms with Crippen LogP contribution in [-0.2, 0) is 6.18 Å². The average molecular weight is 619 g/mol. The summed E-state index contributed by atoms with van der Waals surface area (Å²) in [5.41, 5.74) is -0.0623. The minimum Gasteiger partial charge on any atom is -0.431 e. The number of hydrogen-bond acceptors (Lipinski definition) is 6. The van der Waals surface area contributed by atoms with Gasteiger partial charge in [0.2, 0.25) is 11.7 Å². The average Bonchev–Trinajstić information content (AvgIpc) is 3.29. The first-order valence-electron chi connectivity index (χ1n) is 12.8. The Labute approximate surface area is 248 Å². The number of benzene rings is 2. The van der Waals surface area contributed by atoms with Crippen LogP contribution < -0.4 is 15.5 Å². The highest BCUT2D eigenvalue weighted by Gasteiger charge is 2.42. The van der Waals surface area contributed by atoms with Crippen LogP contribution in [0.3, 0.4) is 0 Å². The fraction of sp³-hybridized carbons (Fsp3) is 0.214. The van der Waals surface area contributed by atoms with Crippen LogP contribution in [0, 0.1) is 0 Å². The number of para-hydroxylation sites is 1. The summed E-state index contributed by atoms with van der Waals surface area (Å²) >= 11 is 12.3. The number of nitrogens with zero attached hydrogens (tertiary/aromatic N) is 4. The van der Waals surface area contributed by atoms with Crippen molar-refractivity contribution in [3.63, 3.8) is 0 Å². The maximum Gasteiger partial charge on any atom is 0.452 e. The zero-order valence-electron chi connectivity index (χ0n) is 21.8. The molecule has 1 aliphatic heterocycles. The van der Waals surface area contributed by atoms with Gasteiger partial charge in [-0.05, 0) is 42.8 Å². The van der Waals surface area contributed by atoms with Gasteiger partial charge in [-0.25, -0.2) is 14.8 Å². The second-order valence-corrected chi connectivity index (χ2v) is 10.1. The maximum atomic E-state index is 13.6. The Hall–Kier alpha value is -4.29. The molecule has 5 rings (SSSR count). The van der Waals surface area contributed by atoms with E-state index in [9.17, 15) is 22.8 Å². The number of carbonyl (C=O) groups is 2. The minimum absolute atomic E-state index is 0.175. The number of pyridine rings is 1. The number of nitrogens with one attached hydrogen (secondary N) is 2. The quantitative estimate of drug-likeness (QED) is 0.248. The maximum absolute atomic E-state index is 13.6. The van der Waals surface area contributed by atoms with Gasteiger partial charge in [-0.2, -0.15) is 13.2 Å². The smallest absolute Gasteiger partial charge is 0.431 e. The summed E-state index contributed by atoms with van der Waals surface area (Å²) in [7, 11) is 0. The van der Waals surface area contributed by atoms with Gasteiger partial charge in [0.1, 0.15) is 5.82 Å². The zero-order valence-corrected chi connectivity index (χ0v) is 23.3. The molecule has 218 valence electrons. The molecular formula is C28H23Cl2F3N6O3. The van der Waals surface area contributed by atoms with Crippen LogP contribution in [0.25, 0.3) is 11.5 Å². The summed E-state index contributed by atoms with van der Waals surface area (Å²) in [4.78, 5) is 37.4. The van der Waals surface area contributed by atoms with Crippen molar-refractivity contribution in [1.29, 1.82) is 0 Å². The number of anilines is 3. The highest BCUT2D eigenvalue weighted by atomic mass is 35.5. The lowest BCUT2D eigenvalue weighted by Crippen LogP contribution is -2.38. The molecule has 1 aliphatic rings. The Morgan fingerprint density at radius 2 is 1.62 bits per heavy atom. The van der Waals surface area contributed by atoms with Crippen molar-refractivity contribution in [2.24, 2.45) is 0 Å². The molecule has 3 amide bonds. The van der Waals surface area contributed by atoms with Gasteiger partial charge < -0.3 is 24.9 Å². The SMILES string of the molecule is O=C(Nc1ccc(N2CCCN(C(=O)Nc3c(Cl)cccc3Cl)CC2)nc1)c1nc(-c2ccccc2)oc1C(F)(F)F. The largest absolute Gasteiger partial charge is 0.452 e. The molecule has 0 bridgehead atoms. The Balaban J connectivity index is 1.23. The standard InChI is InChI=1S/C28H23Cl2F3N6O3/c29-19-8-4-9-20(30)22(19)37-27(41)39-13-5-12-38(14-15-39)21-11-10-18(16-34-21)35-25(40)23-24(28(31,32)33)42-26(36-23)17-6-2-1-3-7-17/h1-4,6-11,16H,5,12-15H2,(H,35,40)(H,37,41). The summed E-state index contributed by atoms with van der Waals surface area (Å²) in [6.07, 6.45) is -2.93. The molecule has 42 heavy (non-hydrogen) atoms. The van der Waals surface area contributed by atoms with E-state index in [1.54, 1.807) is 47.4 Å². The number of alkyl halides is 3. The predicted octanol–water partition coefficient (Wildman–Crippen LogP) is 7.06. The van der Waals surface area contributed by atoms with Crippen molar-refractivity contribution in [3.05, 3.63) is 88.4 Å². The van der Waals surface area contributed by atoms with E-state index in [4.69, 9.17) is 27.6 Å². The molecule has 0 saturated carbocycles. The van der Waals surface area contributed by atoms with Gasteiger partial charge in [0.05, 0.1) is 27.6 Å². The van der Waals surface area contributed by atoms with Crippen LogP contribution in [0.2, 0.25) is 10.0 Å². The normalized spacial score (nSPS) is 13.9. The molecule has 4 aromatic rings. The molecule has 0 radical (unpaired) electrons. The number of aromatic nitrogens is 2. The van der Waals surface area contributed by atoms with Crippen molar-refractivity contribution >= 4 is 52.3 Å². The number of carbonyl (C=O) groups excluding carboxylic acids is 2. The number of oxazole rings is 1. The highest BCUT2D eigenvalue weighted by molar-refractivity contribution is 6.39. The van der Waals surface area contributed by atoms with Crippen LogP contribution in [-0.4, -0.2) is 53.0 Å². The van der Waals surface area contributed by atoms with Crippen LogP contribution in [0.5, 0.6) is 0 Å². The number of urea groups is 1. The molecule has 1 saturated heterocycles. The first-order valence-corrected chi connectivity index (χ1v) is 13.5. The lowest BCUT2D eigenvalue weighted by molar-refractivity contribution is -0.153. The van der Waals surface area contributed by atoms with Crippen LogP contribution in [0.1, 0.15) is 22.7 Å². The topological polar surface area (TPSA) is 104 Å². The molecule has 14 heteroatoms. The fourth-order valence-corrected chi connectivity index (χ4v) is 4.85. The van der Waals surface area contributed by atoms with Crippen molar-refractivity contribution in [1.82, 2.24) is 14.9 Å². The zero-order chi connectivity index (χ0) is 29.9. The molecule has 1 fully saturated rings. The van der Waals surface area contributed by atoms with E-state index in [1.165, 1.54) is 24.4 Å². The third-order valence-corrected chi connectivity index (χ3v) is 7.06. The van der Waals surface area contributed by atoms with Gasteiger partial charge in [0.25, 0.3) is 5.91 Å². The van der Waals surface area contributed by atoms with Gasteiger partial charge in [-0.15, -0.1) is 0 Å². The third kappa shape index (κ3) is 6.60. The summed E-state index contributed by atoms with van der Waals surface area (Å²) in [6, 6.07) is 15.8. The fourth-order valence-electron chi connectivity index (χ4n) is 4.36. The molecule has 0 aliphatic carbocycles. The molecule has 9 nitrogen and oxygen atoms in total. The Kier molecular flexibility index (Phi) is 8.55. The van der Waals surface area contributed by atoms with Crippen LogP contribution in [0.15, 0.2) is 71.3 Å². The first kappa shape index (κ1) is 29.2. The summed E-state index contributed by atoms with van der Waals surface area (Å²) < 4.78 is 45.8. The van der Waals surface area contributed by atoms with E-state index >= 15 is 0 Å². The Morgan fingerprint density at radius 1 is 0.881 bits per heavy atom. The molecule has 3 heterocycles. The number of halogens is 5.